The van der Waals surface area contributed by atoms with Gasteiger partial charge in [-0.05, 0) is 69.0 Å². The largest absolute Gasteiger partial charge is 0.366 e. The second-order valence-electron chi connectivity index (χ2n) is 7.89. The minimum atomic E-state index is -0.347. The van der Waals surface area contributed by atoms with Gasteiger partial charge in [0.15, 0.2) is 0 Å². The first-order valence-corrected chi connectivity index (χ1v) is 10.1. The predicted molar refractivity (Wildman–Crippen MR) is 116 cm³/mol. The van der Waals surface area contributed by atoms with Crippen molar-refractivity contribution < 1.29 is 4.39 Å². The number of rotatable bonds is 3. The average Bonchev–Trinajstić information content (AvgIpc) is 2.60. The first-order chi connectivity index (χ1) is 13.2. The molecular formula is C23H23Cl2FN2. The Morgan fingerprint density at radius 3 is 2.64 bits per heavy atom. The van der Waals surface area contributed by atoms with Crippen LogP contribution >= 0.6 is 23.2 Å². The Morgan fingerprint density at radius 1 is 1.32 bits per heavy atom. The molecule has 2 nitrogen and oxygen atoms in total. The topological polar surface area (TPSA) is 27.0 Å². The third kappa shape index (κ3) is 3.77. The summed E-state index contributed by atoms with van der Waals surface area (Å²) in [6.07, 6.45) is 2.55. The van der Waals surface area contributed by atoms with E-state index in [2.05, 4.69) is 38.7 Å². The smallest absolute Gasteiger partial charge is 0.132 e. The van der Waals surface area contributed by atoms with E-state index in [0.29, 0.717) is 32.7 Å². The zero-order chi connectivity index (χ0) is 20.6. The first-order valence-electron chi connectivity index (χ1n) is 9.36. The van der Waals surface area contributed by atoms with Gasteiger partial charge in [0.1, 0.15) is 5.82 Å². The number of nitriles is 1. The van der Waals surface area contributed by atoms with Gasteiger partial charge in [-0.25, -0.2) is 4.39 Å². The third-order valence-corrected chi connectivity index (χ3v) is 6.01. The molecule has 0 radical (unpaired) electrons. The van der Waals surface area contributed by atoms with Gasteiger partial charge in [-0.2, -0.15) is 5.26 Å². The molecule has 146 valence electrons. The van der Waals surface area contributed by atoms with Crippen molar-refractivity contribution in [1.82, 2.24) is 0 Å². The van der Waals surface area contributed by atoms with E-state index in [0.717, 1.165) is 24.2 Å². The Balaban J connectivity index is 2.13. The van der Waals surface area contributed by atoms with Crippen LogP contribution in [0.1, 0.15) is 56.7 Å². The van der Waals surface area contributed by atoms with Gasteiger partial charge < -0.3 is 4.90 Å². The Kier molecular flexibility index (Phi) is 5.75. The second-order valence-corrected chi connectivity index (χ2v) is 8.73. The van der Waals surface area contributed by atoms with Crippen molar-refractivity contribution >= 4 is 40.5 Å². The molecule has 1 aliphatic heterocycles. The van der Waals surface area contributed by atoms with Crippen LogP contribution in [0.15, 0.2) is 30.3 Å². The van der Waals surface area contributed by atoms with Gasteiger partial charge in [0, 0.05) is 33.9 Å². The molecule has 2 aromatic carbocycles. The van der Waals surface area contributed by atoms with Crippen LogP contribution in [-0.2, 0) is 0 Å². The molecule has 5 heteroatoms. The average molecular weight is 417 g/mol. The van der Waals surface area contributed by atoms with Crippen LogP contribution in [0, 0.1) is 17.1 Å². The van der Waals surface area contributed by atoms with E-state index in [-0.39, 0.29) is 11.4 Å². The summed E-state index contributed by atoms with van der Waals surface area (Å²) in [4.78, 5) is 2.25. The molecule has 2 aromatic rings. The quantitative estimate of drug-likeness (QED) is 0.387. The molecule has 0 N–H and O–H groups in total. The predicted octanol–water partition coefficient (Wildman–Crippen LogP) is 7.31. The lowest BCUT2D eigenvalue weighted by Crippen LogP contribution is -2.48. The summed E-state index contributed by atoms with van der Waals surface area (Å²) in [5, 5.41) is 10.5. The summed E-state index contributed by atoms with van der Waals surface area (Å²) in [5.41, 5.74) is 3.24. The fourth-order valence-electron chi connectivity index (χ4n) is 4.26. The van der Waals surface area contributed by atoms with E-state index in [1.807, 2.05) is 6.07 Å². The molecule has 0 amide bonds. The fourth-order valence-corrected chi connectivity index (χ4v) is 4.77. The second kappa shape index (κ2) is 7.78. The minimum absolute atomic E-state index is 0.0282. The molecule has 3 rings (SSSR count). The van der Waals surface area contributed by atoms with Crippen molar-refractivity contribution in [3.8, 4) is 6.07 Å². The normalized spacial score (nSPS) is 18.6. The summed E-state index contributed by atoms with van der Waals surface area (Å²) in [7, 11) is 0. The first kappa shape index (κ1) is 20.7. The Labute approximate surface area is 176 Å². The summed E-state index contributed by atoms with van der Waals surface area (Å²) >= 11 is 12.2. The van der Waals surface area contributed by atoms with Crippen LogP contribution in [0.2, 0.25) is 10.0 Å². The molecule has 0 spiro atoms. The number of halogens is 3. The highest BCUT2D eigenvalue weighted by molar-refractivity contribution is 6.36. The van der Waals surface area contributed by atoms with Gasteiger partial charge in [0.25, 0.3) is 0 Å². The zero-order valence-electron chi connectivity index (χ0n) is 16.5. The van der Waals surface area contributed by atoms with Crippen molar-refractivity contribution in [2.45, 2.75) is 45.6 Å². The van der Waals surface area contributed by atoms with E-state index >= 15 is 4.39 Å². The summed E-state index contributed by atoms with van der Waals surface area (Å²) in [5.74, 6) is -0.0508. The standard InChI is InChI=1S/C23H23Cl2FN2/c1-5-28-22-11-21(26)15(9-19(22)14(2)12-23(28,3)4)8-16(13-27)18-7-6-17(24)10-20(18)25/h6-11,14H,5,12H2,1-4H3/b16-8+. The van der Waals surface area contributed by atoms with E-state index in [1.54, 1.807) is 30.3 Å². The van der Waals surface area contributed by atoms with Gasteiger partial charge in [0.2, 0.25) is 0 Å². The highest BCUT2D eigenvalue weighted by Crippen LogP contribution is 2.44. The lowest BCUT2D eigenvalue weighted by molar-refractivity contribution is 0.380. The van der Waals surface area contributed by atoms with Crippen molar-refractivity contribution in [3.05, 3.63) is 62.9 Å². The highest BCUT2D eigenvalue weighted by atomic mass is 35.5. The maximum absolute atomic E-state index is 15.0. The Bertz CT molecular complexity index is 989. The van der Waals surface area contributed by atoms with Crippen LogP contribution < -0.4 is 4.90 Å². The van der Waals surface area contributed by atoms with Gasteiger partial charge >= 0.3 is 0 Å². The van der Waals surface area contributed by atoms with Crippen LogP contribution in [0.25, 0.3) is 11.6 Å². The van der Waals surface area contributed by atoms with E-state index < -0.39 is 0 Å². The van der Waals surface area contributed by atoms with E-state index in [9.17, 15) is 5.26 Å². The Hall–Kier alpha value is -2.02. The third-order valence-electron chi connectivity index (χ3n) is 5.46. The summed E-state index contributed by atoms with van der Waals surface area (Å²) in [6.45, 7) is 9.45. The lowest BCUT2D eigenvalue weighted by atomic mass is 9.79. The van der Waals surface area contributed by atoms with Crippen molar-refractivity contribution in [2.24, 2.45) is 0 Å². The molecule has 0 fully saturated rings. The van der Waals surface area contributed by atoms with Gasteiger partial charge in [-0.1, -0.05) is 36.2 Å². The number of hydrogen-bond donors (Lipinski definition) is 0. The van der Waals surface area contributed by atoms with E-state index in [1.165, 1.54) is 0 Å². The van der Waals surface area contributed by atoms with Crippen LogP contribution in [-0.4, -0.2) is 12.1 Å². The molecule has 28 heavy (non-hydrogen) atoms. The molecule has 1 heterocycles. The minimum Gasteiger partial charge on any atom is -0.366 e. The molecular weight excluding hydrogens is 394 g/mol. The molecule has 0 saturated carbocycles. The molecule has 0 aromatic heterocycles. The fraction of sp³-hybridized carbons (Fsp3) is 0.348. The molecule has 1 atom stereocenters. The number of benzene rings is 2. The van der Waals surface area contributed by atoms with Crippen molar-refractivity contribution in [3.63, 3.8) is 0 Å². The molecule has 0 bridgehead atoms. The number of fused-ring (bicyclic) bond motifs is 1. The van der Waals surface area contributed by atoms with Crippen molar-refractivity contribution in [2.75, 3.05) is 11.4 Å². The summed E-state index contributed by atoms with van der Waals surface area (Å²) in [6, 6.07) is 10.5. The number of nitrogens with zero attached hydrogens (tertiary/aromatic N) is 2. The summed E-state index contributed by atoms with van der Waals surface area (Å²) < 4.78 is 15.0. The number of anilines is 1. The van der Waals surface area contributed by atoms with Gasteiger partial charge in [-0.3, -0.25) is 0 Å². The monoisotopic (exact) mass is 416 g/mol. The SMILES string of the molecule is CCN1c2cc(F)c(/C=C(\C#N)c3ccc(Cl)cc3Cl)cc2C(C)CC1(C)C. The van der Waals surface area contributed by atoms with E-state index in [4.69, 9.17) is 23.2 Å². The van der Waals surface area contributed by atoms with Gasteiger partial charge in [0.05, 0.1) is 16.7 Å². The van der Waals surface area contributed by atoms with Gasteiger partial charge in [-0.15, -0.1) is 0 Å². The number of hydrogen-bond acceptors (Lipinski definition) is 2. The van der Waals surface area contributed by atoms with Crippen LogP contribution in [0.4, 0.5) is 10.1 Å². The van der Waals surface area contributed by atoms with Crippen LogP contribution in [0.5, 0.6) is 0 Å². The maximum atomic E-state index is 15.0. The molecule has 0 saturated heterocycles. The number of allylic oxidation sites excluding steroid dienone is 1. The van der Waals surface area contributed by atoms with Crippen molar-refractivity contribution in [1.29, 1.82) is 5.26 Å². The Morgan fingerprint density at radius 2 is 2.04 bits per heavy atom. The van der Waals surface area contributed by atoms with Crippen LogP contribution in [0.3, 0.4) is 0 Å². The zero-order valence-corrected chi connectivity index (χ0v) is 18.0. The lowest BCUT2D eigenvalue weighted by Gasteiger charge is -2.47. The maximum Gasteiger partial charge on any atom is 0.132 e. The molecule has 1 unspecified atom stereocenters. The highest BCUT2D eigenvalue weighted by Gasteiger charge is 2.36. The molecule has 1 aliphatic rings. The molecule has 0 aliphatic carbocycles.